The fraction of sp³-hybridized carbons (Fsp3) is 0.259. The minimum Gasteiger partial charge on any atom is -0.344 e. The lowest BCUT2D eigenvalue weighted by atomic mass is 9.96. The van der Waals surface area contributed by atoms with Gasteiger partial charge in [-0.25, -0.2) is 4.98 Å². The van der Waals surface area contributed by atoms with Crippen molar-refractivity contribution in [2.45, 2.75) is 19.4 Å². The second kappa shape index (κ2) is 9.63. The summed E-state index contributed by atoms with van der Waals surface area (Å²) in [5.74, 6) is 0.919. The van der Waals surface area contributed by atoms with Gasteiger partial charge in [0.2, 0.25) is 5.13 Å². The molecule has 0 radical (unpaired) electrons. The van der Waals surface area contributed by atoms with Crippen LogP contribution in [-0.2, 0) is 6.42 Å². The predicted molar refractivity (Wildman–Crippen MR) is 132 cm³/mol. The quantitative estimate of drug-likeness (QED) is 0.405. The van der Waals surface area contributed by atoms with E-state index in [2.05, 4.69) is 106 Å². The highest BCUT2D eigenvalue weighted by Gasteiger charge is 2.27. The lowest BCUT2D eigenvalue weighted by Crippen LogP contribution is -2.48. The third kappa shape index (κ3) is 4.74. The van der Waals surface area contributed by atoms with Crippen LogP contribution in [0.2, 0.25) is 0 Å². The van der Waals surface area contributed by atoms with E-state index < -0.39 is 0 Å². The summed E-state index contributed by atoms with van der Waals surface area (Å²) in [6, 6.07) is 30.6. The van der Waals surface area contributed by atoms with Gasteiger partial charge >= 0.3 is 0 Å². The van der Waals surface area contributed by atoms with Crippen LogP contribution in [0.4, 0.5) is 5.13 Å². The van der Waals surface area contributed by atoms with Gasteiger partial charge < -0.3 is 4.90 Å². The highest BCUT2D eigenvalue weighted by molar-refractivity contribution is 7.09. The van der Waals surface area contributed by atoms with Gasteiger partial charge in [-0.15, -0.1) is 0 Å². The molecule has 3 aromatic carbocycles. The van der Waals surface area contributed by atoms with Gasteiger partial charge in [-0.2, -0.15) is 4.37 Å². The number of aryl methyl sites for hydroxylation is 1. The number of piperazine rings is 1. The molecule has 162 valence electrons. The van der Waals surface area contributed by atoms with E-state index in [9.17, 15) is 0 Å². The molecule has 0 aliphatic carbocycles. The lowest BCUT2D eigenvalue weighted by Gasteiger charge is -2.39. The monoisotopic (exact) mass is 440 g/mol. The Hall–Kier alpha value is -3.02. The molecular weight excluding hydrogens is 412 g/mol. The van der Waals surface area contributed by atoms with Crippen LogP contribution >= 0.6 is 11.5 Å². The Morgan fingerprint density at radius 3 is 1.97 bits per heavy atom. The van der Waals surface area contributed by atoms with Crippen molar-refractivity contribution in [3.8, 4) is 0 Å². The van der Waals surface area contributed by atoms with Gasteiger partial charge in [-0.3, -0.25) is 4.90 Å². The van der Waals surface area contributed by atoms with Crippen molar-refractivity contribution < 1.29 is 0 Å². The summed E-state index contributed by atoms with van der Waals surface area (Å²) >= 11 is 1.53. The van der Waals surface area contributed by atoms with Gasteiger partial charge in [0.25, 0.3) is 0 Å². The molecule has 0 saturated carbocycles. The van der Waals surface area contributed by atoms with Crippen LogP contribution in [0.5, 0.6) is 0 Å². The third-order valence-electron chi connectivity index (χ3n) is 6.12. The van der Waals surface area contributed by atoms with E-state index in [-0.39, 0.29) is 6.04 Å². The van der Waals surface area contributed by atoms with Crippen molar-refractivity contribution in [3.05, 3.63) is 113 Å². The van der Waals surface area contributed by atoms with Crippen molar-refractivity contribution in [2.24, 2.45) is 0 Å². The van der Waals surface area contributed by atoms with Crippen LogP contribution in [0.3, 0.4) is 0 Å². The van der Waals surface area contributed by atoms with E-state index in [4.69, 9.17) is 4.98 Å². The predicted octanol–water partition coefficient (Wildman–Crippen LogP) is 5.35. The van der Waals surface area contributed by atoms with Crippen LogP contribution in [-0.4, -0.2) is 40.4 Å². The fourth-order valence-corrected chi connectivity index (χ4v) is 5.13. The van der Waals surface area contributed by atoms with E-state index in [1.807, 2.05) is 0 Å². The Morgan fingerprint density at radius 2 is 1.38 bits per heavy atom. The van der Waals surface area contributed by atoms with Gasteiger partial charge in [-0.1, -0.05) is 90.5 Å². The van der Waals surface area contributed by atoms with Crippen LogP contribution in [0.1, 0.15) is 34.1 Å². The second-order valence-corrected chi connectivity index (χ2v) is 9.13. The molecule has 4 nitrogen and oxygen atoms in total. The zero-order valence-electron chi connectivity index (χ0n) is 18.4. The third-order valence-corrected chi connectivity index (χ3v) is 6.94. The van der Waals surface area contributed by atoms with Gasteiger partial charge in [0.05, 0.1) is 6.04 Å². The Balaban J connectivity index is 1.27. The smallest absolute Gasteiger partial charge is 0.205 e. The minimum atomic E-state index is 0.283. The summed E-state index contributed by atoms with van der Waals surface area (Å²) in [6.07, 6.45) is 0.792. The molecule has 1 saturated heterocycles. The van der Waals surface area contributed by atoms with Crippen LogP contribution in [0.25, 0.3) is 0 Å². The summed E-state index contributed by atoms with van der Waals surface area (Å²) < 4.78 is 4.63. The molecule has 32 heavy (non-hydrogen) atoms. The van der Waals surface area contributed by atoms with E-state index in [0.29, 0.717) is 0 Å². The molecule has 5 heteroatoms. The van der Waals surface area contributed by atoms with E-state index >= 15 is 0 Å². The molecule has 5 rings (SSSR count). The first-order chi connectivity index (χ1) is 15.8. The summed E-state index contributed by atoms with van der Waals surface area (Å²) in [7, 11) is 0. The molecule has 0 spiro atoms. The number of nitrogens with zero attached hydrogens (tertiary/aromatic N) is 4. The van der Waals surface area contributed by atoms with Gasteiger partial charge in [-0.05, 0) is 23.6 Å². The average Bonchev–Trinajstić information content (AvgIpc) is 3.31. The van der Waals surface area contributed by atoms with Crippen LogP contribution in [0.15, 0.2) is 84.9 Å². The Bertz CT molecular complexity index is 1080. The standard InChI is InChI=1S/C27H28N4S/c1-21-12-14-22(15-13-21)20-25-28-27(32-29-25)31-18-16-30(17-19-31)26(23-8-4-2-5-9-23)24-10-6-3-7-11-24/h2-15,26H,16-20H2,1H3. The molecule has 0 atom stereocenters. The van der Waals surface area contributed by atoms with Gasteiger partial charge in [0, 0.05) is 44.1 Å². The molecule has 0 unspecified atom stereocenters. The molecule has 0 N–H and O–H groups in total. The van der Waals surface area contributed by atoms with E-state index in [1.165, 1.54) is 33.8 Å². The molecule has 1 aromatic heterocycles. The van der Waals surface area contributed by atoms with Crippen LogP contribution < -0.4 is 4.90 Å². The average molecular weight is 441 g/mol. The zero-order valence-corrected chi connectivity index (χ0v) is 19.2. The van der Waals surface area contributed by atoms with Crippen molar-refractivity contribution >= 4 is 16.7 Å². The first kappa shape index (κ1) is 20.9. The first-order valence-electron chi connectivity index (χ1n) is 11.2. The molecule has 0 amide bonds. The van der Waals surface area contributed by atoms with E-state index in [0.717, 1.165) is 43.6 Å². The number of aromatic nitrogens is 2. The lowest BCUT2D eigenvalue weighted by molar-refractivity contribution is 0.212. The number of rotatable bonds is 6. The highest BCUT2D eigenvalue weighted by Crippen LogP contribution is 2.30. The summed E-state index contributed by atoms with van der Waals surface area (Å²) in [5, 5.41) is 1.04. The Labute approximate surface area is 194 Å². The van der Waals surface area contributed by atoms with E-state index in [1.54, 1.807) is 0 Å². The Morgan fingerprint density at radius 1 is 0.781 bits per heavy atom. The maximum atomic E-state index is 4.85. The molecule has 1 fully saturated rings. The largest absolute Gasteiger partial charge is 0.344 e. The maximum Gasteiger partial charge on any atom is 0.205 e. The molecule has 4 aromatic rings. The minimum absolute atomic E-state index is 0.283. The molecule has 0 bridgehead atoms. The van der Waals surface area contributed by atoms with Crippen molar-refractivity contribution in [1.29, 1.82) is 0 Å². The zero-order chi connectivity index (χ0) is 21.8. The summed E-state index contributed by atoms with van der Waals surface area (Å²) in [4.78, 5) is 9.83. The Kier molecular flexibility index (Phi) is 6.28. The topological polar surface area (TPSA) is 32.3 Å². The first-order valence-corrected chi connectivity index (χ1v) is 12.0. The molecular formula is C27H28N4S. The second-order valence-electron chi connectivity index (χ2n) is 8.40. The van der Waals surface area contributed by atoms with Crippen molar-refractivity contribution in [2.75, 3.05) is 31.1 Å². The summed E-state index contributed by atoms with van der Waals surface area (Å²) in [5.41, 5.74) is 5.24. The maximum absolute atomic E-state index is 4.85. The number of anilines is 1. The van der Waals surface area contributed by atoms with Crippen molar-refractivity contribution in [1.82, 2.24) is 14.3 Å². The molecule has 2 heterocycles. The molecule has 1 aliphatic heterocycles. The summed E-state index contributed by atoms with van der Waals surface area (Å²) in [6.45, 7) is 6.05. The highest BCUT2D eigenvalue weighted by atomic mass is 32.1. The number of benzene rings is 3. The van der Waals surface area contributed by atoms with Crippen molar-refractivity contribution in [3.63, 3.8) is 0 Å². The number of hydrogen-bond acceptors (Lipinski definition) is 5. The number of hydrogen-bond donors (Lipinski definition) is 0. The van der Waals surface area contributed by atoms with Crippen LogP contribution in [0, 0.1) is 6.92 Å². The molecule has 1 aliphatic rings. The van der Waals surface area contributed by atoms with Gasteiger partial charge in [0.15, 0.2) is 0 Å². The van der Waals surface area contributed by atoms with Gasteiger partial charge in [0.1, 0.15) is 5.82 Å². The fourth-order valence-electron chi connectivity index (χ4n) is 4.39. The normalized spacial score (nSPS) is 14.8. The SMILES string of the molecule is Cc1ccc(Cc2nsc(N3CCN(C(c4ccccc4)c4ccccc4)CC3)n2)cc1.